The Hall–Kier alpha value is -1.51. The highest BCUT2D eigenvalue weighted by atomic mass is 16.5. The van der Waals surface area contributed by atoms with Crippen molar-refractivity contribution in [2.75, 3.05) is 6.61 Å². The van der Waals surface area contributed by atoms with Crippen LogP contribution in [0.15, 0.2) is 35.5 Å². The first kappa shape index (κ1) is 8.59. The third-order valence-corrected chi connectivity index (χ3v) is 1.39. The van der Waals surface area contributed by atoms with Gasteiger partial charge in [-0.2, -0.15) is 0 Å². The van der Waals surface area contributed by atoms with Crippen molar-refractivity contribution >= 4 is 5.90 Å². The SMILES string of the molecule is CCO/C(=N/O)c1ccccc1. The summed E-state index contributed by atoms with van der Waals surface area (Å²) in [5.74, 6) is 0.262. The maximum Gasteiger partial charge on any atom is 0.257 e. The van der Waals surface area contributed by atoms with E-state index < -0.39 is 0 Å². The lowest BCUT2D eigenvalue weighted by Crippen LogP contribution is -2.05. The van der Waals surface area contributed by atoms with E-state index in [1.54, 1.807) is 0 Å². The minimum atomic E-state index is 0.262. The number of ether oxygens (including phenoxy) is 1. The number of hydrogen-bond donors (Lipinski definition) is 1. The molecule has 0 unspecified atom stereocenters. The molecule has 1 N–H and O–H groups in total. The summed E-state index contributed by atoms with van der Waals surface area (Å²) in [4.78, 5) is 0. The van der Waals surface area contributed by atoms with Crippen molar-refractivity contribution in [3.05, 3.63) is 35.9 Å². The highest BCUT2D eigenvalue weighted by Gasteiger charge is 2.01. The fourth-order valence-electron chi connectivity index (χ4n) is 0.887. The molecule has 3 heteroatoms. The van der Waals surface area contributed by atoms with E-state index in [1.165, 1.54) is 0 Å². The molecule has 0 atom stereocenters. The lowest BCUT2D eigenvalue weighted by molar-refractivity contribution is 0.266. The molecule has 0 heterocycles. The van der Waals surface area contributed by atoms with E-state index in [4.69, 9.17) is 9.94 Å². The van der Waals surface area contributed by atoms with Crippen molar-refractivity contribution in [2.45, 2.75) is 6.92 Å². The fraction of sp³-hybridized carbons (Fsp3) is 0.222. The summed E-state index contributed by atoms with van der Waals surface area (Å²) in [6.45, 7) is 2.34. The van der Waals surface area contributed by atoms with Gasteiger partial charge in [0.15, 0.2) is 0 Å². The van der Waals surface area contributed by atoms with Crippen LogP contribution in [0.4, 0.5) is 0 Å². The molecule has 0 saturated carbocycles. The number of oxime groups is 1. The Morgan fingerprint density at radius 1 is 1.42 bits per heavy atom. The first-order valence-electron chi connectivity index (χ1n) is 3.78. The van der Waals surface area contributed by atoms with Crippen LogP contribution in [-0.2, 0) is 4.74 Å². The Kier molecular flexibility index (Phi) is 3.14. The Balaban J connectivity index is 2.82. The second-order valence-electron chi connectivity index (χ2n) is 2.20. The third kappa shape index (κ3) is 1.99. The van der Waals surface area contributed by atoms with Crippen molar-refractivity contribution in [1.29, 1.82) is 0 Å². The van der Waals surface area contributed by atoms with Gasteiger partial charge in [0.05, 0.1) is 6.61 Å². The summed E-state index contributed by atoms with van der Waals surface area (Å²) < 4.78 is 5.08. The molecule has 0 radical (unpaired) electrons. The van der Waals surface area contributed by atoms with Gasteiger partial charge in [0.1, 0.15) is 0 Å². The monoisotopic (exact) mass is 165 g/mol. The molecule has 0 fully saturated rings. The largest absolute Gasteiger partial charge is 0.475 e. The van der Waals surface area contributed by atoms with Crippen LogP contribution in [0.25, 0.3) is 0 Å². The van der Waals surface area contributed by atoms with E-state index in [0.29, 0.717) is 6.61 Å². The molecule has 1 aromatic rings. The van der Waals surface area contributed by atoms with E-state index in [-0.39, 0.29) is 5.90 Å². The number of hydrogen-bond acceptors (Lipinski definition) is 3. The predicted octanol–water partition coefficient (Wildman–Crippen LogP) is 1.86. The summed E-state index contributed by atoms with van der Waals surface area (Å²) in [5.41, 5.74) is 0.779. The molecule has 0 aliphatic carbocycles. The fourth-order valence-corrected chi connectivity index (χ4v) is 0.887. The topological polar surface area (TPSA) is 41.8 Å². The van der Waals surface area contributed by atoms with Gasteiger partial charge in [0, 0.05) is 5.56 Å². The third-order valence-electron chi connectivity index (χ3n) is 1.39. The average Bonchev–Trinajstić information content (AvgIpc) is 2.15. The van der Waals surface area contributed by atoms with Gasteiger partial charge in [0.2, 0.25) is 0 Å². The van der Waals surface area contributed by atoms with Crippen LogP contribution >= 0.6 is 0 Å². The van der Waals surface area contributed by atoms with E-state index in [0.717, 1.165) is 5.56 Å². The van der Waals surface area contributed by atoms with E-state index in [2.05, 4.69) is 5.16 Å². The molecular formula is C9H11NO2. The first-order chi connectivity index (χ1) is 5.88. The van der Waals surface area contributed by atoms with Gasteiger partial charge in [-0.1, -0.05) is 18.2 Å². The van der Waals surface area contributed by atoms with Crippen molar-refractivity contribution in [3.63, 3.8) is 0 Å². The zero-order valence-electron chi connectivity index (χ0n) is 6.90. The van der Waals surface area contributed by atoms with Gasteiger partial charge in [-0.05, 0) is 24.2 Å². The van der Waals surface area contributed by atoms with E-state index in [1.807, 2.05) is 37.3 Å². The molecule has 0 aliphatic rings. The summed E-state index contributed by atoms with van der Waals surface area (Å²) in [7, 11) is 0. The Bertz CT molecular complexity index is 256. The van der Waals surface area contributed by atoms with Crippen molar-refractivity contribution in [1.82, 2.24) is 0 Å². The smallest absolute Gasteiger partial charge is 0.257 e. The van der Waals surface area contributed by atoms with Gasteiger partial charge < -0.3 is 9.94 Å². The minimum absolute atomic E-state index is 0.262. The Labute approximate surface area is 71.3 Å². The lowest BCUT2D eigenvalue weighted by atomic mass is 10.2. The molecule has 0 amide bonds. The van der Waals surface area contributed by atoms with E-state index in [9.17, 15) is 0 Å². The molecule has 1 rings (SSSR count). The molecule has 3 nitrogen and oxygen atoms in total. The standard InChI is InChI=1S/C9H11NO2/c1-2-12-9(10-11)8-6-4-3-5-7-8/h3-7,11H,2H2,1H3/b10-9+. The number of nitrogens with zero attached hydrogens (tertiary/aromatic N) is 1. The molecule has 64 valence electrons. The lowest BCUT2D eigenvalue weighted by Gasteiger charge is -2.03. The second kappa shape index (κ2) is 4.38. The average molecular weight is 165 g/mol. The molecule has 0 spiro atoms. The van der Waals surface area contributed by atoms with Crippen LogP contribution in [0.1, 0.15) is 12.5 Å². The summed E-state index contributed by atoms with van der Waals surface area (Å²) >= 11 is 0. The molecule has 0 bridgehead atoms. The zero-order chi connectivity index (χ0) is 8.81. The molecule has 1 aromatic carbocycles. The van der Waals surface area contributed by atoms with Crippen LogP contribution in [0.5, 0.6) is 0 Å². The van der Waals surface area contributed by atoms with Crippen LogP contribution < -0.4 is 0 Å². The normalized spacial score (nSPS) is 11.2. The van der Waals surface area contributed by atoms with Gasteiger partial charge in [-0.25, -0.2) is 0 Å². The summed E-state index contributed by atoms with van der Waals surface area (Å²) in [5, 5.41) is 11.6. The van der Waals surface area contributed by atoms with Crippen molar-refractivity contribution in [3.8, 4) is 0 Å². The molecule has 12 heavy (non-hydrogen) atoms. The van der Waals surface area contributed by atoms with Crippen LogP contribution in [0.3, 0.4) is 0 Å². The maximum absolute atomic E-state index is 8.57. The maximum atomic E-state index is 8.57. The van der Waals surface area contributed by atoms with E-state index >= 15 is 0 Å². The van der Waals surface area contributed by atoms with Gasteiger partial charge >= 0.3 is 0 Å². The van der Waals surface area contributed by atoms with Crippen molar-refractivity contribution < 1.29 is 9.94 Å². The molecule has 0 aliphatic heterocycles. The number of rotatable bonds is 2. The van der Waals surface area contributed by atoms with Crippen LogP contribution in [0, 0.1) is 0 Å². The van der Waals surface area contributed by atoms with Gasteiger partial charge in [-0.15, -0.1) is 0 Å². The highest BCUT2D eigenvalue weighted by Crippen LogP contribution is 2.01. The number of benzene rings is 1. The minimum Gasteiger partial charge on any atom is -0.475 e. The Morgan fingerprint density at radius 3 is 2.58 bits per heavy atom. The Morgan fingerprint density at radius 2 is 2.08 bits per heavy atom. The zero-order valence-corrected chi connectivity index (χ0v) is 6.90. The summed E-state index contributed by atoms with van der Waals surface area (Å²) in [6, 6.07) is 9.26. The van der Waals surface area contributed by atoms with Gasteiger partial charge in [0.25, 0.3) is 5.90 Å². The summed E-state index contributed by atoms with van der Waals surface area (Å²) in [6.07, 6.45) is 0. The quantitative estimate of drug-likeness (QED) is 0.314. The van der Waals surface area contributed by atoms with Gasteiger partial charge in [-0.3, -0.25) is 0 Å². The molecule has 0 aromatic heterocycles. The first-order valence-corrected chi connectivity index (χ1v) is 3.78. The van der Waals surface area contributed by atoms with Crippen molar-refractivity contribution in [2.24, 2.45) is 5.16 Å². The molecular weight excluding hydrogens is 154 g/mol. The second-order valence-corrected chi connectivity index (χ2v) is 2.20. The highest BCUT2D eigenvalue weighted by molar-refractivity contribution is 5.93. The molecule has 0 saturated heterocycles. The predicted molar refractivity (Wildman–Crippen MR) is 46.4 cm³/mol. The van der Waals surface area contributed by atoms with Crippen LogP contribution in [-0.4, -0.2) is 17.7 Å². The van der Waals surface area contributed by atoms with Crippen LogP contribution in [0.2, 0.25) is 0 Å².